The number of hydrogen-bond donors (Lipinski definition) is 1. The summed E-state index contributed by atoms with van der Waals surface area (Å²) < 4.78 is 5.21. The molecular weight excluding hydrogens is 262 g/mol. The van der Waals surface area contributed by atoms with Crippen LogP contribution in [0.15, 0.2) is 29.0 Å². The molecule has 0 bridgehead atoms. The van der Waals surface area contributed by atoms with Crippen molar-refractivity contribution in [2.45, 2.75) is 0 Å². The predicted octanol–water partition coefficient (Wildman–Crippen LogP) is 0.932. The third kappa shape index (κ3) is 2.40. The van der Waals surface area contributed by atoms with E-state index in [9.17, 15) is 4.79 Å². The molecule has 8 nitrogen and oxygen atoms in total. The summed E-state index contributed by atoms with van der Waals surface area (Å²) in [5, 5.41) is 12.8. The van der Waals surface area contributed by atoms with Crippen LogP contribution < -0.4 is 4.90 Å². The molecule has 1 amide bonds. The van der Waals surface area contributed by atoms with Crippen molar-refractivity contribution in [1.29, 1.82) is 0 Å². The van der Waals surface area contributed by atoms with Crippen molar-refractivity contribution in [2.75, 3.05) is 31.1 Å². The smallest absolute Gasteiger partial charge is 0.407 e. The van der Waals surface area contributed by atoms with Crippen molar-refractivity contribution in [2.24, 2.45) is 0 Å². The Bertz CT molecular complexity index is 592. The number of hydrogen-bond acceptors (Lipinski definition) is 6. The fourth-order valence-electron chi connectivity index (χ4n) is 2.05. The molecule has 0 aromatic carbocycles. The number of carbonyl (C=O) groups is 1. The molecule has 2 aromatic rings. The maximum atomic E-state index is 10.8. The lowest BCUT2D eigenvalue weighted by molar-refractivity contribution is 0.142. The van der Waals surface area contributed by atoms with Crippen LogP contribution in [-0.2, 0) is 0 Å². The van der Waals surface area contributed by atoms with Gasteiger partial charge >= 0.3 is 6.09 Å². The van der Waals surface area contributed by atoms with Crippen molar-refractivity contribution >= 4 is 12.0 Å². The molecule has 0 saturated carbocycles. The van der Waals surface area contributed by atoms with Crippen molar-refractivity contribution in [1.82, 2.24) is 20.0 Å². The molecule has 0 radical (unpaired) electrons. The van der Waals surface area contributed by atoms with Crippen LogP contribution in [0.4, 0.5) is 10.7 Å². The summed E-state index contributed by atoms with van der Waals surface area (Å²) in [6.45, 7) is 1.98. The molecule has 3 heterocycles. The number of anilines is 1. The largest absolute Gasteiger partial charge is 0.465 e. The van der Waals surface area contributed by atoms with Gasteiger partial charge in [-0.3, -0.25) is 4.98 Å². The van der Waals surface area contributed by atoms with Gasteiger partial charge in [-0.15, -0.1) is 0 Å². The summed E-state index contributed by atoms with van der Waals surface area (Å²) in [5.74, 6) is 0.891. The molecule has 20 heavy (non-hydrogen) atoms. The summed E-state index contributed by atoms with van der Waals surface area (Å²) in [6.07, 6.45) is 2.43. The number of aromatic nitrogens is 3. The molecule has 1 fully saturated rings. The first-order valence-corrected chi connectivity index (χ1v) is 6.21. The Hall–Kier alpha value is -2.64. The van der Waals surface area contributed by atoms with Gasteiger partial charge in [-0.1, -0.05) is 0 Å². The fourth-order valence-corrected chi connectivity index (χ4v) is 2.05. The summed E-state index contributed by atoms with van der Waals surface area (Å²) in [7, 11) is 0. The second-order valence-electron chi connectivity index (χ2n) is 4.40. The molecule has 0 unspecified atom stereocenters. The molecule has 1 aliphatic rings. The molecule has 0 atom stereocenters. The van der Waals surface area contributed by atoms with Gasteiger partial charge < -0.3 is 19.4 Å². The highest BCUT2D eigenvalue weighted by Crippen LogP contribution is 2.19. The van der Waals surface area contributed by atoms with Gasteiger partial charge in [0, 0.05) is 38.6 Å². The first-order valence-electron chi connectivity index (χ1n) is 6.21. The van der Waals surface area contributed by atoms with Gasteiger partial charge in [0.05, 0.1) is 5.56 Å². The number of carboxylic acid groups (broad SMARTS) is 1. The molecule has 0 spiro atoms. The average molecular weight is 275 g/mol. The summed E-state index contributed by atoms with van der Waals surface area (Å²) in [6, 6.07) is 3.64. The summed E-state index contributed by atoms with van der Waals surface area (Å²) in [4.78, 5) is 22.4. The van der Waals surface area contributed by atoms with E-state index in [-0.39, 0.29) is 0 Å². The molecule has 1 saturated heterocycles. The van der Waals surface area contributed by atoms with Gasteiger partial charge in [-0.05, 0) is 17.3 Å². The third-order valence-corrected chi connectivity index (χ3v) is 3.16. The highest BCUT2D eigenvalue weighted by atomic mass is 16.5. The average Bonchev–Trinajstić information content (AvgIpc) is 2.98. The molecule has 1 aliphatic heterocycles. The lowest BCUT2D eigenvalue weighted by Gasteiger charge is -2.31. The minimum Gasteiger partial charge on any atom is -0.465 e. The SMILES string of the molecule is O=C(O)N1CCN(c2noc(-c3cccnc3)n2)CC1. The molecule has 8 heteroatoms. The Morgan fingerprint density at radius 1 is 1.30 bits per heavy atom. The van der Waals surface area contributed by atoms with Crippen LogP contribution in [-0.4, -0.2) is 57.4 Å². The Kier molecular flexibility index (Phi) is 3.20. The zero-order valence-corrected chi connectivity index (χ0v) is 10.6. The van der Waals surface area contributed by atoms with Crippen LogP contribution in [0.25, 0.3) is 11.5 Å². The Labute approximate surface area is 114 Å². The maximum absolute atomic E-state index is 10.8. The van der Waals surface area contributed by atoms with Gasteiger partial charge in [0.1, 0.15) is 0 Å². The van der Waals surface area contributed by atoms with E-state index in [4.69, 9.17) is 9.63 Å². The van der Waals surface area contributed by atoms with E-state index in [0.29, 0.717) is 38.0 Å². The lowest BCUT2D eigenvalue weighted by Crippen LogP contribution is -2.48. The molecule has 0 aliphatic carbocycles. The lowest BCUT2D eigenvalue weighted by atomic mass is 10.3. The Morgan fingerprint density at radius 2 is 2.10 bits per heavy atom. The van der Waals surface area contributed by atoms with Crippen molar-refractivity contribution in [3.8, 4) is 11.5 Å². The minimum atomic E-state index is -0.895. The number of amides is 1. The number of pyridine rings is 1. The first kappa shape index (κ1) is 12.4. The first-order chi connectivity index (χ1) is 9.74. The zero-order valence-electron chi connectivity index (χ0n) is 10.6. The van der Waals surface area contributed by atoms with Crippen molar-refractivity contribution in [3.63, 3.8) is 0 Å². The van der Waals surface area contributed by atoms with Crippen molar-refractivity contribution < 1.29 is 14.4 Å². The number of nitrogens with zero attached hydrogens (tertiary/aromatic N) is 5. The van der Waals surface area contributed by atoms with Gasteiger partial charge in [0.2, 0.25) is 0 Å². The molecule has 1 N–H and O–H groups in total. The topological polar surface area (TPSA) is 95.6 Å². The van der Waals surface area contributed by atoms with E-state index in [1.807, 2.05) is 11.0 Å². The van der Waals surface area contributed by atoms with Crippen LogP contribution >= 0.6 is 0 Å². The molecule has 2 aromatic heterocycles. The van der Waals surface area contributed by atoms with E-state index < -0.39 is 6.09 Å². The maximum Gasteiger partial charge on any atom is 0.407 e. The van der Waals surface area contributed by atoms with Gasteiger partial charge in [-0.2, -0.15) is 4.98 Å². The quantitative estimate of drug-likeness (QED) is 0.870. The molecule has 3 rings (SSSR count). The van der Waals surface area contributed by atoms with Crippen molar-refractivity contribution in [3.05, 3.63) is 24.5 Å². The second-order valence-corrected chi connectivity index (χ2v) is 4.40. The number of piperazine rings is 1. The monoisotopic (exact) mass is 275 g/mol. The molecule has 104 valence electrons. The van der Waals surface area contributed by atoms with Crippen LogP contribution in [0.2, 0.25) is 0 Å². The highest BCUT2D eigenvalue weighted by molar-refractivity contribution is 5.65. The van der Waals surface area contributed by atoms with Crippen LogP contribution in [0.1, 0.15) is 0 Å². The van der Waals surface area contributed by atoms with Crippen LogP contribution in [0.5, 0.6) is 0 Å². The van der Waals surface area contributed by atoms with Crippen LogP contribution in [0, 0.1) is 0 Å². The van der Waals surface area contributed by atoms with Gasteiger partial charge in [0.25, 0.3) is 11.8 Å². The van der Waals surface area contributed by atoms with Gasteiger partial charge in [-0.25, -0.2) is 4.79 Å². The Balaban J connectivity index is 1.71. The van der Waals surface area contributed by atoms with E-state index in [1.54, 1.807) is 18.5 Å². The highest BCUT2D eigenvalue weighted by Gasteiger charge is 2.23. The van der Waals surface area contributed by atoms with E-state index >= 15 is 0 Å². The van der Waals surface area contributed by atoms with E-state index in [2.05, 4.69) is 15.1 Å². The number of rotatable bonds is 2. The van der Waals surface area contributed by atoms with E-state index in [0.717, 1.165) is 5.56 Å². The normalized spacial score (nSPS) is 15.4. The second kappa shape index (κ2) is 5.16. The zero-order chi connectivity index (χ0) is 13.9. The minimum absolute atomic E-state index is 0.411. The molecular formula is C12H13N5O3. The van der Waals surface area contributed by atoms with Gasteiger partial charge in [0.15, 0.2) is 0 Å². The predicted molar refractivity (Wildman–Crippen MR) is 69.3 cm³/mol. The standard InChI is InChI=1S/C12H13N5O3/c18-12(19)17-6-4-16(5-7-17)11-14-10(20-15-11)9-2-1-3-13-8-9/h1-3,8H,4-7H2,(H,18,19). The Morgan fingerprint density at radius 3 is 2.75 bits per heavy atom. The third-order valence-electron chi connectivity index (χ3n) is 3.16. The summed E-state index contributed by atoms with van der Waals surface area (Å²) in [5.41, 5.74) is 0.760. The summed E-state index contributed by atoms with van der Waals surface area (Å²) >= 11 is 0. The van der Waals surface area contributed by atoms with E-state index in [1.165, 1.54) is 4.90 Å². The van der Waals surface area contributed by atoms with Crippen LogP contribution in [0.3, 0.4) is 0 Å². The fraction of sp³-hybridized carbons (Fsp3) is 0.333.